The zero-order chi connectivity index (χ0) is 11.5. The third-order valence-electron chi connectivity index (χ3n) is 1.81. The quantitative estimate of drug-likeness (QED) is 0.586. The molecule has 80 valence electrons. The molecule has 0 atom stereocenters. The van der Waals surface area contributed by atoms with Crippen molar-refractivity contribution >= 4 is 10.1 Å². The normalized spacial score (nSPS) is 10.6. The van der Waals surface area contributed by atoms with E-state index in [-0.39, 0.29) is 4.90 Å². The van der Waals surface area contributed by atoms with E-state index in [0.29, 0.717) is 12.0 Å². The summed E-state index contributed by atoms with van der Waals surface area (Å²) >= 11 is 0. The Kier molecular flexibility index (Phi) is 3.51. The molecule has 0 fully saturated rings. The summed E-state index contributed by atoms with van der Waals surface area (Å²) in [5, 5.41) is 0. The summed E-state index contributed by atoms with van der Waals surface area (Å²) in [6.45, 7) is 3.71. The fourth-order valence-electron chi connectivity index (χ4n) is 1.15. The first-order chi connectivity index (χ1) is 6.95. The molecule has 4 heteroatoms. The Morgan fingerprint density at radius 1 is 1.40 bits per heavy atom. The van der Waals surface area contributed by atoms with Crippen molar-refractivity contribution < 1.29 is 13.0 Å². The molecule has 0 aliphatic rings. The summed E-state index contributed by atoms with van der Waals surface area (Å²) in [6.07, 6.45) is 0.638. The highest BCUT2D eigenvalue weighted by molar-refractivity contribution is 7.85. The molecule has 1 rings (SSSR count). The molecule has 0 aromatic heterocycles. The van der Waals surface area contributed by atoms with Gasteiger partial charge >= 0.3 is 0 Å². The number of hydrogen-bond donors (Lipinski definition) is 1. The van der Waals surface area contributed by atoms with Crippen LogP contribution in [0, 0.1) is 18.8 Å². The van der Waals surface area contributed by atoms with Crippen LogP contribution in [0.4, 0.5) is 0 Å². The van der Waals surface area contributed by atoms with Gasteiger partial charge in [-0.1, -0.05) is 24.8 Å². The lowest BCUT2D eigenvalue weighted by Gasteiger charge is -2.01. The Bertz CT molecular complexity index is 518. The fraction of sp³-hybridized carbons (Fsp3) is 0.273. The summed E-state index contributed by atoms with van der Waals surface area (Å²) in [6, 6.07) is 4.64. The number of aryl methyl sites for hydroxylation is 1. The van der Waals surface area contributed by atoms with Gasteiger partial charge in [-0.15, -0.1) is 0 Å². The van der Waals surface area contributed by atoms with Crippen LogP contribution in [-0.4, -0.2) is 13.0 Å². The first-order valence-electron chi connectivity index (χ1n) is 4.52. The van der Waals surface area contributed by atoms with Crippen molar-refractivity contribution in [3.8, 4) is 11.8 Å². The van der Waals surface area contributed by atoms with Gasteiger partial charge in [0.05, 0.1) is 0 Å². The summed E-state index contributed by atoms with van der Waals surface area (Å²) in [5.41, 5.74) is 1.25. The maximum absolute atomic E-state index is 11.0. The zero-order valence-corrected chi connectivity index (χ0v) is 9.43. The van der Waals surface area contributed by atoms with E-state index in [1.807, 2.05) is 13.8 Å². The lowest BCUT2D eigenvalue weighted by molar-refractivity contribution is 0.483. The number of hydrogen-bond acceptors (Lipinski definition) is 2. The molecule has 3 nitrogen and oxygen atoms in total. The fourth-order valence-corrected chi connectivity index (χ4v) is 1.78. The maximum atomic E-state index is 11.0. The van der Waals surface area contributed by atoms with Gasteiger partial charge in [0.15, 0.2) is 0 Å². The maximum Gasteiger partial charge on any atom is 0.295 e. The van der Waals surface area contributed by atoms with E-state index in [9.17, 15) is 8.42 Å². The smallest absolute Gasteiger partial charge is 0.282 e. The van der Waals surface area contributed by atoms with Crippen molar-refractivity contribution in [1.29, 1.82) is 0 Å². The third kappa shape index (κ3) is 3.08. The van der Waals surface area contributed by atoms with Crippen LogP contribution in [0.5, 0.6) is 0 Å². The zero-order valence-electron chi connectivity index (χ0n) is 8.61. The van der Waals surface area contributed by atoms with Gasteiger partial charge < -0.3 is 0 Å². The van der Waals surface area contributed by atoms with E-state index in [1.165, 1.54) is 6.07 Å². The van der Waals surface area contributed by atoms with Crippen molar-refractivity contribution in [2.45, 2.75) is 25.2 Å². The highest BCUT2D eigenvalue weighted by Gasteiger charge is 2.13. The van der Waals surface area contributed by atoms with Gasteiger partial charge in [-0.2, -0.15) is 8.42 Å². The van der Waals surface area contributed by atoms with Crippen LogP contribution in [0.2, 0.25) is 0 Å². The summed E-state index contributed by atoms with van der Waals surface area (Å²) in [4.78, 5) is -0.131. The van der Waals surface area contributed by atoms with Crippen LogP contribution in [-0.2, 0) is 10.1 Å². The second-order valence-electron chi connectivity index (χ2n) is 3.13. The molecule has 0 aliphatic heterocycles. The molecule has 1 aromatic carbocycles. The van der Waals surface area contributed by atoms with Gasteiger partial charge in [-0.05, 0) is 24.6 Å². The highest BCUT2D eigenvalue weighted by atomic mass is 32.2. The van der Waals surface area contributed by atoms with E-state index < -0.39 is 10.1 Å². The van der Waals surface area contributed by atoms with Gasteiger partial charge in [0.1, 0.15) is 4.90 Å². The van der Waals surface area contributed by atoms with E-state index >= 15 is 0 Å². The first-order valence-corrected chi connectivity index (χ1v) is 5.96. The van der Waals surface area contributed by atoms with Crippen molar-refractivity contribution in [2.24, 2.45) is 0 Å². The van der Waals surface area contributed by atoms with Gasteiger partial charge in [-0.25, -0.2) is 0 Å². The molecule has 0 saturated heterocycles. The summed E-state index contributed by atoms with van der Waals surface area (Å²) in [7, 11) is -4.18. The second kappa shape index (κ2) is 4.47. The molecular formula is C11H12O3S. The van der Waals surface area contributed by atoms with Crippen molar-refractivity contribution in [3.63, 3.8) is 0 Å². The molecule has 0 unspecified atom stereocenters. The molecule has 0 amide bonds. The number of rotatable bonds is 1. The van der Waals surface area contributed by atoms with Crippen LogP contribution in [0.1, 0.15) is 24.5 Å². The molecule has 15 heavy (non-hydrogen) atoms. The van der Waals surface area contributed by atoms with Gasteiger partial charge in [-0.3, -0.25) is 4.55 Å². The monoisotopic (exact) mass is 224 g/mol. The SMILES string of the molecule is CCC#Cc1cc(C)ccc1S(=O)(=O)O. The average Bonchev–Trinajstić information content (AvgIpc) is 2.12. The highest BCUT2D eigenvalue weighted by Crippen LogP contribution is 2.16. The van der Waals surface area contributed by atoms with E-state index in [0.717, 1.165) is 5.56 Å². The summed E-state index contributed by atoms with van der Waals surface area (Å²) in [5.74, 6) is 5.50. The molecule has 0 saturated carbocycles. The van der Waals surface area contributed by atoms with Crippen molar-refractivity contribution in [2.75, 3.05) is 0 Å². The number of benzene rings is 1. The Balaban J connectivity index is 3.40. The predicted octanol–water partition coefficient (Wildman–Crippen LogP) is 2.00. The van der Waals surface area contributed by atoms with Crippen LogP contribution in [0.25, 0.3) is 0 Å². The Morgan fingerprint density at radius 3 is 2.60 bits per heavy atom. The minimum Gasteiger partial charge on any atom is -0.282 e. The lowest BCUT2D eigenvalue weighted by atomic mass is 10.1. The predicted molar refractivity (Wildman–Crippen MR) is 58.2 cm³/mol. The Labute approximate surface area is 89.9 Å². The van der Waals surface area contributed by atoms with Crippen LogP contribution < -0.4 is 0 Å². The van der Waals surface area contributed by atoms with Gasteiger partial charge in [0, 0.05) is 12.0 Å². The summed E-state index contributed by atoms with van der Waals surface area (Å²) < 4.78 is 31.0. The molecule has 0 spiro atoms. The largest absolute Gasteiger partial charge is 0.295 e. The van der Waals surface area contributed by atoms with Gasteiger partial charge in [0.2, 0.25) is 0 Å². The van der Waals surface area contributed by atoms with Crippen LogP contribution in [0.3, 0.4) is 0 Å². The Hall–Kier alpha value is -1.31. The molecule has 0 heterocycles. The van der Waals surface area contributed by atoms with Crippen molar-refractivity contribution in [3.05, 3.63) is 29.3 Å². The Morgan fingerprint density at radius 2 is 2.07 bits per heavy atom. The van der Waals surface area contributed by atoms with Crippen LogP contribution in [0.15, 0.2) is 23.1 Å². The van der Waals surface area contributed by atoms with E-state index in [2.05, 4.69) is 11.8 Å². The van der Waals surface area contributed by atoms with Gasteiger partial charge in [0.25, 0.3) is 10.1 Å². The topological polar surface area (TPSA) is 54.4 Å². The first kappa shape index (κ1) is 11.8. The van der Waals surface area contributed by atoms with Crippen LogP contribution >= 0.6 is 0 Å². The molecule has 0 radical (unpaired) electrons. The standard InChI is InChI=1S/C11H12O3S/c1-3-4-5-10-8-9(2)6-7-11(10)15(12,13)14/h6-8H,3H2,1-2H3,(H,12,13,14). The lowest BCUT2D eigenvalue weighted by Crippen LogP contribution is -2.01. The molecule has 1 aromatic rings. The molecular weight excluding hydrogens is 212 g/mol. The third-order valence-corrected chi connectivity index (χ3v) is 2.72. The van der Waals surface area contributed by atoms with Crippen molar-refractivity contribution in [1.82, 2.24) is 0 Å². The molecule has 0 bridgehead atoms. The van der Waals surface area contributed by atoms with E-state index in [4.69, 9.17) is 4.55 Å². The minimum atomic E-state index is -4.18. The molecule has 0 aliphatic carbocycles. The average molecular weight is 224 g/mol. The molecule has 1 N–H and O–H groups in total. The van der Waals surface area contributed by atoms with E-state index in [1.54, 1.807) is 12.1 Å². The second-order valence-corrected chi connectivity index (χ2v) is 4.52. The minimum absolute atomic E-state index is 0.131.